The van der Waals surface area contributed by atoms with Gasteiger partial charge in [0.25, 0.3) is 0 Å². The first-order valence-corrected chi connectivity index (χ1v) is 6.57. The summed E-state index contributed by atoms with van der Waals surface area (Å²) in [6.07, 6.45) is 0. The summed E-state index contributed by atoms with van der Waals surface area (Å²) in [7, 11) is 0. The van der Waals surface area contributed by atoms with Crippen molar-refractivity contribution in [2.24, 2.45) is 5.92 Å². The van der Waals surface area contributed by atoms with Crippen LogP contribution in [0.4, 0.5) is 11.4 Å². The van der Waals surface area contributed by atoms with Crippen molar-refractivity contribution < 1.29 is 4.74 Å². The van der Waals surface area contributed by atoms with Crippen molar-refractivity contribution in [1.82, 2.24) is 20.2 Å². The molecular formula is C13H20N6O. The molecule has 7 heteroatoms. The number of anilines is 2. The van der Waals surface area contributed by atoms with E-state index in [1.54, 1.807) is 16.8 Å². The number of nitrogen functional groups attached to an aromatic ring is 2. The molecule has 0 aliphatic carbocycles. The molecule has 0 saturated heterocycles. The predicted molar refractivity (Wildman–Crippen MR) is 77.7 cm³/mol. The molecule has 0 unspecified atom stereocenters. The van der Waals surface area contributed by atoms with Crippen molar-refractivity contribution in [2.45, 2.75) is 20.4 Å². The van der Waals surface area contributed by atoms with Crippen LogP contribution in [0.15, 0.2) is 18.2 Å². The molecule has 4 N–H and O–H groups in total. The second-order valence-electron chi connectivity index (χ2n) is 5.04. The summed E-state index contributed by atoms with van der Waals surface area (Å²) in [5.74, 6) is 1.13. The van der Waals surface area contributed by atoms with Crippen LogP contribution in [0.3, 0.4) is 0 Å². The van der Waals surface area contributed by atoms with Gasteiger partial charge in [-0.05, 0) is 34.5 Å². The molecule has 1 heterocycles. The molecule has 0 radical (unpaired) electrons. The molecule has 20 heavy (non-hydrogen) atoms. The summed E-state index contributed by atoms with van der Waals surface area (Å²) in [6.45, 7) is 6.08. The summed E-state index contributed by atoms with van der Waals surface area (Å²) in [5.41, 5.74) is 13.6. The van der Waals surface area contributed by atoms with Crippen LogP contribution >= 0.6 is 0 Å². The normalized spacial score (nSPS) is 11.2. The Morgan fingerprint density at radius 2 is 2.10 bits per heavy atom. The number of benzene rings is 1. The Hall–Kier alpha value is -2.15. The van der Waals surface area contributed by atoms with Crippen molar-refractivity contribution in [3.05, 3.63) is 18.2 Å². The number of nitrogens with zero attached hydrogens (tertiary/aromatic N) is 4. The third kappa shape index (κ3) is 3.45. The van der Waals surface area contributed by atoms with Crippen LogP contribution in [0.2, 0.25) is 0 Å². The number of nitrogens with two attached hydrogens (primary N) is 2. The molecule has 0 saturated carbocycles. The minimum atomic E-state index is 0.510. The van der Waals surface area contributed by atoms with Crippen LogP contribution in [0.5, 0.6) is 0 Å². The molecule has 1 aromatic carbocycles. The van der Waals surface area contributed by atoms with Gasteiger partial charge in [-0.2, -0.15) is 0 Å². The summed E-state index contributed by atoms with van der Waals surface area (Å²) >= 11 is 0. The SMILES string of the molecule is CC(C)COCCn1nnnc1-c1ccc(N)cc1N. The molecule has 108 valence electrons. The van der Waals surface area contributed by atoms with Gasteiger partial charge in [0.15, 0.2) is 5.82 Å². The molecule has 0 atom stereocenters. The lowest BCUT2D eigenvalue weighted by Crippen LogP contribution is -2.12. The largest absolute Gasteiger partial charge is 0.399 e. The van der Waals surface area contributed by atoms with Gasteiger partial charge in [0, 0.05) is 23.5 Å². The Kier molecular flexibility index (Phi) is 4.52. The first kappa shape index (κ1) is 14.3. The molecule has 7 nitrogen and oxygen atoms in total. The third-order valence-corrected chi connectivity index (χ3v) is 2.75. The van der Waals surface area contributed by atoms with Gasteiger partial charge in [0.2, 0.25) is 0 Å². The van der Waals surface area contributed by atoms with Crippen molar-refractivity contribution >= 4 is 11.4 Å². The minimum absolute atomic E-state index is 0.510. The van der Waals surface area contributed by atoms with E-state index in [1.807, 2.05) is 6.07 Å². The maximum atomic E-state index is 5.96. The number of rotatable bonds is 6. The average Bonchev–Trinajstić information content (AvgIpc) is 2.82. The van der Waals surface area contributed by atoms with Crippen LogP contribution < -0.4 is 11.5 Å². The second-order valence-corrected chi connectivity index (χ2v) is 5.04. The number of hydrogen-bond donors (Lipinski definition) is 2. The van der Waals surface area contributed by atoms with Gasteiger partial charge in [-0.15, -0.1) is 5.10 Å². The highest BCUT2D eigenvalue weighted by molar-refractivity contribution is 5.74. The van der Waals surface area contributed by atoms with E-state index in [1.165, 1.54) is 0 Å². The van der Waals surface area contributed by atoms with Crippen LogP contribution in [0, 0.1) is 5.92 Å². The average molecular weight is 276 g/mol. The summed E-state index contributed by atoms with van der Waals surface area (Å²) in [5, 5.41) is 11.7. The van der Waals surface area contributed by atoms with Gasteiger partial charge in [-0.1, -0.05) is 13.8 Å². The number of ether oxygens (including phenoxy) is 1. The van der Waals surface area contributed by atoms with Crippen LogP contribution in [-0.4, -0.2) is 33.4 Å². The molecule has 0 spiro atoms. The first-order valence-electron chi connectivity index (χ1n) is 6.57. The van der Waals surface area contributed by atoms with E-state index < -0.39 is 0 Å². The van der Waals surface area contributed by atoms with E-state index >= 15 is 0 Å². The molecule has 2 rings (SSSR count). The number of aromatic nitrogens is 4. The smallest absolute Gasteiger partial charge is 0.184 e. The highest BCUT2D eigenvalue weighted by atomic mass is 16.5. The lowest BCUT2D eigenvalue weighted by molar-refractivity contribution is 0.101. The number of hydrogen-bond acceptors (Lipinski definition) is 6. The lowest BCUT2D eigenvalue weighted by Gasteiger charge is -2.09. The standard InChI is InChI=1S/C13H20N6O/c1-9(2)8-20-6-5-19-13(16-17-18-19)11-4-3-10(14)7-12(11)15/h3-4,7,9H,5-6,8,14-15H2,1-2H3. The molecular weight excluding hydrogens is 256 g/mol. The molecule has 2 aromatic rings. The van der Waals surface area contributed by atoms with Gasteiger partial charge in [-0.25, -0.2) is 4.68 Å². The van der Waals surface area contributed by atoms with E-state index in [9.17, 15) is 0 Å². The Bertz CT molecular complexity index is 566. The predicted octanol–water partition coefficient (Wildman–Crippen LogP) is 1.18. The van der Waals surface area contributed by atoms with Gasteiger partial charge in [0.05, 0.1) is 13.2 Å². The Labute approximate surface area is 117 Å². The molecule has 0 amide bonds. The molecule has 0 fully saturated rings. The van der Waals surface area contributed by atoms with Gasteiger partial charge in [0.1, 0.15) is 0 Å². The number of tetrazole rings is 1. The molecule has 0 aliphatic rings. The van der Waals surface area contributed by atoms with Crippen molar-refractivity contribution in [2.75, 3.05) is 24.7 Å². The van der Waals surface area contributed by atoms with Crippen LogP contribution in [0.25, 0.3) is 11.4 Å². The Morgan fingerprint density at radius 1 is 1.30 bits per heavy atom. The summed E-state index contributed by atoms with van der Waals surface area (Å²) < 4.78 is 7.22. The van der Waals surface area contributed by atoms with E-state index in [4.69, 9.17) is 16.2 Å². The topological polar surface area (TPSA) is 105 Å². The fourth-order valence-electron chi connectivity index (χ4n) is 1.80. The monoisotopic (exact) mass is 276 g/mol. The summed E-state index contributed by atoms with van der Waals surface area (Å²) in [6, 6.07) is 5.30. The molecule has 1 aromatic heterocycles. The van der Waals surface area contributed by atoms with Crippen molar-refractivity contribution in [3.63, 3.8) is 0 Å². The van der Waals surface area contributed by atoms with E-state index in [-0.39, 0.29) is 0 Å². The van der Waals surface area contributed by atoms with Crippen molar-refractivity contribution in [3.8, 4) is 11.4 Å². The molecule has 0 aliphatic heterocycles. The van der Waals surface area contributed by atoms with Gasteiger partial charge >= 0.3 is 0 Å². The minimum Gasteiger partial charge on any atom is -0.399 e. The zero-order valence-electron chi connectivity index (χ0n) is 11.8. The maximum Gasteiger partial charge on any atom is 0.184 e. The van der Waals surface area contributed by atoms with E-state index in [2.05, 4.69) is 29.4 Å². The fraction of sp³-hybridized carbons (Fsp3) is 0.462. The summed E-state index contributed by atoms with van der Waals surface area (Å²) in [4.78, 5) is 0. The maximum absolute atomic E-state index is 5.96. The van der Waals surface area contributed by atoms with E-state index in [0.717, 1.165) is 12.2 Å². The second kappa shape index (κ2) is 6.33. The fourth-order valence-corrected chi connectivity index (χ4v) is 1.80. The van der Waals surface area contributed by atoms with Gasteiger partial charge < -0.3 is 16.2 Å². The van der Waals surface area contributed by atoms with E-state index in [0.29, 0.717) is 36.3 Å². The van der Waals surface area contributed by atoms with Gasteiger partial charge in [-0.3, -0.25) is 0 Å². The Morgan fingerprint density at radius 3 is 2.80 bits per heavy atom. The van der Waals surface area contributed by atoms with Crippen molar-refractivity contribution in [1.29, 1.82) is 0 Å². The zero-order valence-corrected chi connectivity index (χ0v) is 11.8. The lowest BCUT2D eigenvalue weighted by atomic mass is 10.1. The highest BCUT2D eigenvalue weighted by Gasteiger charge is 2.12. The highest BCUT2D eigenvalue weighted by Crippen LogP contribution is 2.25. The molecule has 0 bridgehead atoms. The zero-order chi connectivity index (χ0) is 14.5. The van der Waals surface area contributed by atoms with Crippen LogP contribution in [-0.2, 0) is 11.3 Å². The Balaban J connectivity index is 2.08. The first-order chi connectivity index (χ1) is 9.58. The van der Waals surface area contributed by atoms with Crippen LogP contribution in [0.1, 0.15) is 13.8 Å². The quantitative estimate of drug-likeness (QED) is 0.606. The third-order valence-electron chi connectivity index (χ3n) is 2.75.